The van der Waals surface area contributed by atoms with Gasteiger partial charge in [-0.1, -0.05) is 41.9 Å². The van der Waals surface area contributed by atoms with Gasteiger partial charge in [0.25, 0.3) is 5.91 Å². The van der Waals surface area contributed by atoms with Gasteiger partial charge in [0.05, 0.1) is 19.6 Å². The van der Waals surface area contributed by atoms with Gasteiger partial charge in [-0.15, -0.1) is 0 Å². The Labute approximate surface area is 173 Å². The number of primary amides is 1. The molecule has 154 valence electrons. The minimum absolute atomic E-state index is 0.224. The predicted molar refractivity (Wildman–Crippen MR) is 107 cm³/mol. The summed E-state index contributed by atoms with van der Waals surface area (Å²) in [5.74, 6) is -0.416. The molecular formula is C20H22ClN3O5. The van der Waals surface area contributed by atoms with Crippen LogP contribution in [0.15, 0.2) is 48.5 Å². The predicted octanol–water partition coefficient (Wildman–Crippen LogP) is 2.31. The molecule has 0 heterocycles. The quantitative estimate of drug-likeness (QED) is 0.539. The lowest BCUT2D eigenvalue weighted by atomic mass is 10.0. The maximum Gasteiger partial charge on any atom is 0.312 e. The third kappa shape index (κ3) is 7.34. The van der Waals surface area contributed by atoms with Crippen LogP contribution in [-0.2, 0) is 20.9 Å². The number of ether oxygens (including phenoxy) is 2. The lowest BCUT2D eigenvalue weighted by Gasteiger charge is -2.18. The molecule has 29 heavy (non-hydrogen) atoms. The summed E-state index contributed by atoms with van der Waals surface area (Å²) < 4.78 is 10.1. The van der Waals surface area contributed by atoms with Crippen LogP contribution in [0.25, 0.3) is 0 Å². The molecule has 3 amide bonds. The first kappa shape index (κ1) is 22.0. The van der Waals surface area contributed by atoms with E-state index < -0.39 is 30.6 Å². The molecule has 0 aliphatic heterocycles. The van der Waals surface area contributed by atoms with Gasteiger partial charge in [0.1, 0.15) is 5.75 Å². The molecular weight excluding hydrogens is 398 g/mol. The first-order valence-corrected chi connectivity index (χ1v) is 9.12. The van der Waals surface area contributed by atoms with Crippen molar-refractivity contribution >= 4 is 29.5 Å². The number of amides is 3. The Bertz CT molecular complexity index is 857. The smallest absolute Gasteiger partial charge is 0.312 e. The molecule has 0 aliphatic rings. The Morgan fingerprint density at radius 2 is 1.79 bits per heavy atom. The number of carbonyl (C=O) groups is 3. The number of carbonyl (C=O) groups excluding carboxylic acids is 3. The van der Waals surface area contributed by atoms with E-state index in [1.165, 1.54) is 0 Å². The molecule has 2 aromatic carbocycles. The third-order valence-corrected chi connectivity index (χ3v) is 4.33. The Morgan fingerprint density at radius 1 is 1.10 bits per heavy atom. The molecule has 9 heteroatoms. The molecule has 0 unspecified atom stereocenters. The minimum atomic E-state index is -0.806. The zero-order valence-electron chi connectivity index (χ0n) is 15.8. The van der Waals surface area contributed by atoms with Crippen LogP contribution in [0.3, 0.4) is 0 Å². The molecule has 4 N–H and O–H groups in total. The maximum atomic E-state index is 12.1. The molecule has 0 saturated heterocycles. The summed E-state index contributed by atoms with van der Waals surface area (Å²) in [7, 11) is 1.57. The van der Waals surface area contributed by atoms with E-state index in [2.05, 4.69) is 10.6 Å². The lowest BCUT2D eigenvalue weighted by Crippen LogP contribution is -2.35. The monoisotopic (exact) mass is 419 g/mol. The Kier molecular flexibility index (Phi) is 8.29. The fourth-order valence-electron chi connectivity index (χ4n) is 2.53. The molecule has 2 aromatic rings. The second kappa shape index (κ2) is 10.9. The van der Waals surface area contributed by atoms with E-state index in [1.54, 1.807) is 43.5 Å². The summed E-state index contributed by atoms with van der Waals surface area (Å²) in [4.78, 5) is 35.3. The Morgan fingerprint density at radius 3 is 2.41 bits per heavy atom. The van der Waals surface area contributed by atoms with E-state index in [0.717, 1.165) is 5.56 Å². The number of esters is 1. The summed E-state index contributed by atoms with van der Waals surface area (Å²) in [5, 5.41) is 5.48. The zero-order valence-corrected chi connectivity index (χ0v) is 16.6. The molecule has 0 radical (unpaired) electrons. The summed E-state index contributed by atoms with van der Waals surface area (Å²) in [6, 6.07) is 12.3. The largest absolute Gasteiger partial charge is 0.497 e. The first-order chi connectivity index (χ1) is 13.9. The van der Waals surface area contributed by atoms with Crippen LogP contribution in [0.1, 0.15) is 23.6 Å². The molecule has 0 fully saturated rings. The molecule has 0 bridgehead atoms. The SMILES string of the molecule is COc1ccc(CNC(=O)COC(=O)C[C@@H](NC(N)=O)c2ccccc2Cl)cc1. The Balaban J connectivity index is 1.83. The highest BCUT2D eigenvalue weighted by Crippen LogP contribution is 2.25. The van der Waals surface area contributed by atoms with Crippen molar-refractivity contribution in [2.75, 3.05) is 13.7 Å². The number of hydrogen-bond donors (Lipinski definition) is 3. The van der Waals surface area contributed by atoms with Crippen LogP contribution < -0.4 is 21.1 Å². The summed E-state index contributed by atoms with van der Waals surface area (Å²) in [6.07, 6.45) is -0.224. The number of benzene rings is 2. The van der Waals surface area contributed by atoms with Crippen LogP contribution in [0, 0.1) is 0 Å². The van der Waals surface area contributed by atoms with E-state index in [1.807, 2.05) is 12.1 Å². The Hall–Kier alpha value is -3.26. The van der Waals surface area contributed by atoms with E-state index >= 15 is 0 Å². The zero-order chi connectivity index (χ0) is 21.2. The van der Waals surface area contributed by atoms with Crippen molar-refractivity contribution in [3.63, 3.8) is 0 Å². The van der Waals surface area contributed by atoms with Gasteiger partial charge in [-0.25, -0.2) is 4.79 Å². The van der Waals surface area contributed by atoms with Gasteiger partial charge in [0.15, 0.2) is 6.61 Å². The fraction of sp³-hybridized carbons (Fsp3) is 0.250. The number of rotatable bonds is 9. The normalized spacial score (nSPS) is 11.2. The highest BCUT2D eigenvalue weighted by Gasteiger charge is 2.21. The summed E-state index contributed by atoms with van der Waals surface area (Å²) >= 11 is 6.12. The molecule has 0 saturated carbocycles. The van der Waals surface area contributed by atoms with Crippen LogP contribution in [0.4, 0.5) is 4.79 Å². The minimum Gasteiger partial charge on any atom is -0.497 e. The topological polar surface area (TPSA) is 120 Å². The van der Waals surface area contributed by atoms with Crippen LogP contribution >= 0.6 is 11.6 Å². The molecule has 1 atom stereocenters. The van der Waals surface area contributed by atoms with Crippen molar-refractivity contribution in [1.29, 1.82) is 0 Å². The fourth-order valence-corrected chi connectivity index (χ4v) is 2.80. The number of halogens is 1. The van der Waals surface area contributed by atoms with E-state index in [0.29, 0.717) is 16.3 Å². The number of hydrogen-bond acceptors (Lipinski definition) is 5. The average molecular weight is 420 g/mol. The second-order valence-corrected chi connectivity index (χ2v) is 6.48. The van der Waals surface area contributed by atoms with Crippen molar-refractivity contribution in [1.82, 2.24) is 10.6 Å². The third-order valence-electron chi connectivity index (χ3n) is 3.98. The summed E-state index contributed by atoms with van der Waals surface area (Å²) in [6.45, 7) is -0.160. The average Bonchev–Trinajstić information content (AvgIpc) is 2.70. The van der Waals surface area contributed by atoms with E-state index in [-0.39, 0.29) is 13.0 Å². The van der Waals surface area contributed by atoms with Crippen LogP contribution in [0.5, 0.6) is 5.75 Å². The lowest BCUT2D eigenvalue weighted by molar-refractivity contribution is -0.149. The number of urea groups is 1. The van der Waals surface area contributed by atoms with Crippen molar-refractivity contribution in [3.05, 3.63) is 64.7 Å². The van der Waals surface area contributed by atoms with Gasteiger partial charge < -0.3 is 25.8 Å². The van der Waals surface area contributed by atoms with Crippen LogP contribution in [-0.4, -0.2) is 31.6 Å². The van der Waals surface area contributed by atoms with Crippen molar-refractivity contribution in [3.8, 4) is 5.75 Å². The van der Waals surface area contributed by atoms with E-state index in [9.17, 15) is 14.4 Å². The summed E-state index contributed by atoms with van der Waals surface area (Å²) in [5.41, 5.74) is 6.57. The van der Waals surface area contributed by atoms with Crippen molar-refractivity contribution in [2.24, 2.45) is 5.73 Å². The standard InChI is InChI=1S/C20H22ClN3O5/c1-28-14-8-6-13(7-9-14)11-23-18(25)12-29-19(26)10-17(24-20(22)27)15-4-2-3-5-16(15)21/h2-9,17H,10-12H2,1H3,(H,23,25)(H3,22,24,27)/t17-/m1/s1. The van der Waals surface area contributed by atoms with Crippen molar-refractivity contribution in [2.45, 2.75) is 19.0 Å². The molecule has 8 nitrogen and oxygen atoms in total. The van der Waals surface area contributed by atoms with Gasteiger partial charge in [-0.05, 0) is 29.3 Å². The van der Waals surface area contributed by atoms with Crippen LogP contribution in [0.2, 0.25) is 5.02 Å². The molecule has 0 aliphatic carbocycles. The molecule has 0 spiro atoms. The highest BCUT2D eigenvalue weighted by atomic mass is 35.5. The van der Waals surface area contributed by atoms with Gasteiger partial charge >= 0.3 is 12.0 Å². The number of methoxy groups -OCH3 is 1. The van der Waals surface area contributed by atoms with Gasteiger partial charge in [-0.3, -0.25) is 9.59 Å². The van der Waals surface area contributed by atoms with E-state index in [4.69, 9.17) is 26.8 Å². The van der Waals surface area contributed by atoms with Crippen molar-refractivity contribution < 1.29 is 23.9 Å². The first-order valence-electron chi connectivity index (χ1n) is 8.74. The second-order valence-electron chi connectivity index (χ2n) is 6.07. The molecule has 0 aromatic heterocycles. The highest BCUT2D eigenvalue weighted by molar-refractivity contribution is 6.31. The number of nitrogens with two attached hydrogens (primary N) is 1. The van der Waals surface area contributed by atoms with Gasteiger partial charge in [0.2, 0.25) is 0 Å². The van der Waals surface area contributed by atoms with Gasteiger partial charge in [-0.2, -0.15) is 0 Å². The maximum absolute atomic E-state index is 12.1. The number of nitrogens with one attached hydrogen (secondary N) is 2. The van der Waals surface area contributed by atoms with Gasteiger partial charge in [0, 0.05) is 11.6 Å². The molecule has 2 rings (SSSR count).